The van der Waals surface area contributed by atoms with Gasteiger partial charge in [-0.15, -0.1) is 12.4 Å². The van der Waals surface area contributed by atoms with Crippen LogP contribution < -0.4 is 9.47 Å². The molecule has 0 radical (unpaired) electrons. The Labute approximate surface area is 116 Å². The second kappa shape index (κ2) is 5.28. The maximum atomic E-state index is 11.6. The molecule has 1 aromatic carbocycles. The van der Waals surface area contributed by atoms with Crippen molar-refractivity contribution in [2.75, 3.05) is 6.79 Å². The van der Waals surface area contributed by atoms with Crippen LogP contribution in [0.5, 0.6) is 11.5 Å². The molecule has 0 atom stereocenters. The fraction of sp³-hybridized carbons (Fsp3) is 0.143. The van der Waals surface area contributed by atoms with Gasteiger partial charge in [-0.25, -0.2) is 0 Å². The molecule has 2 aliphatic rings. The summed E-state index contributed by atoms with van der Waals surface area (Å²) in [6, 6.07) is 5.51. The normalized spacial score (nSPS) is 16.1. The summed E-state index contributed by atoms with van der Waals surface area (Å²) in [4.78, 5) is 22.9. The average molecular weight is 279 g/mol. The van der Waals surface area contributed by atoms with Gasteiger partial charge in [0.05, 0.1) is 0 Å². The van der Waals surface area contributed by atoms with E-state index in [4.69, 9.17) is 9.47 Å². The minimum Gasteiger partial charge on any atom is -0.454 e. The van der Waals surface area contributed by atoms with E-state index >= 15 is 0 Å². The molecule has 1 heterocycles. The molecule has 5 heteroatoms. The quantitative estimate of drug-likeness (QED) is 0.777. The number of carbonyl (C=O) groups is 2. The highest BCUT2D eigenvalue weighted by molar-refractivity contribution is 6.17. The third kappa shape index (κ3) is 2.69. The van der Waals surface area contributed by atoms with Gasteiger partial charge in [0, 0.05) is 12.0 Å². The molecule has 98 valence electrons. The summed E-state index contributed by atoms with van der Waals surface area (Å²) in [6.07, 6.45) is 4.40. The predicted molar refractivity (Wildman–Crippen MR) is 70.8 cm³/mol. The molecule has 1 aliphatic carbocycles. The van der Waals surface area contributed by atoms with E-state index < -0.39 is 0 Å². The van der Waals surface area contributed by atoms with Crippen LogP contribution in [0.4, 0.5) is 0 Å². The second-order valence-corrected chi connectivity index (χ2v) is 4.13. The molecule has 0 saturated carbocycles. The highest BCUT2D eigenvalue weighted by Gasteiger charge is 2.17. The van der Waals surface area contributed by atoms with Gasteiger partial charge in [0.1, 0.15) is 0 Å². The van der Waals surface area contributed by atoms with Gasteiger partial charge in [-0.1, -0.05) is 6.07 Å². The van der Waals surface area contributed by atoms with Crippen molar-refractivity contribution in [1.29, 1.82) is 0 Å². The number of halogens is 1. The molecular weight excluding hydrogens is 268 g/mol. The smallest absolute Gasteiger partial charge is 0.231 e. The molecule has 0 saturated heterocycles. The van der Waals surface area contributed by atoms with Crippen molar-refractivity contribution in [3.05, 3.63) is 47.6 Å². The van der Waals surface area contributed by atoms with Crippen LogP contribution in [-0.4, -0.2) is 18.4 Å². The van der Waals surface area contributed by atoms with Crippen LogP contribution in [0, 0.1) is 0 Å². The summed E-state index contributed by atoms with van der Waals surface area (Å²) in [5.74, 6) is 1.12. The predicted octanol–water partition coefficient (Wildman–Crippen LogP) is 2.01. The minimum atomic E-state index is -0.148. The van der Waals surface area contributed by atoms with Crippen LogP contribution in [0.3, 0.4) is 0 Å². The molecule has 0 aromatic heterocycles. The van der Waals surface area contributed by atoms with E-state index in [-0.39, 0.29) is 30.8 Å². The van der Waals surface area contributed by atoms with E-state index in [1.807, 2.05) is 18.2 Å². The maximum absolute atomic E-state index is 11.6. The lowest BCUT2D eigenvalue weighted by atomic mass is 9.96. The lowest BCUT2D eigenvalue weighted by Gasteiger charge is -2.07. The standard InChI is InChI=1S/C14H10O4.ClH/c15-11-2-3-12(16)10(7-11)5-9-1-4-13-14(6-9)18-8-17-13;/h1-4,6-7H,5,8H2;1H. The zero-order chi connectivity index (χ0) is 12.5. The molecular formula is C14H11ClO4. The maximum Gasteiger partial charge on any atom is 0.231 e. The van der Waals surface area contributed by atoms with Gasteiger partial charge in [-0.05, 0) is 35.9 Å². The summed E-state index contributed by atoms with van der Waals surface area (Å²) < 4.78 is 10.5. The van der Waals surface area contributed by atoms with E-state index in [1.165, 1.54) is 18.2 Å². The second-order valence-electron chi connectivity index (χ2n) is 4.13. The van der Waals surface area contributed by atoms with Crippen LogP contribution in [-0.2, 0) is 16.0 Å². The fourth-order valence-electron chi connectivity index (χ4n) is 1.96. The Kier molecular flexibility index (Phi) is 3.71. The number of ether oxygens (including phenoxy) is 2. The van der Waals surface area contributed by atoms with Gasteiger partial charge in [-0.3, -0.25) is 9.59 Å². The third-order valence-electron chi connectivity index (χ3n) is 2.86. The first kappa shape index (κ1) is 13.4. The van der Waals surface area contributed by atoms with E-state index in [0.717, 1.165) is 5.56 Å². The van der Waals surface area contributed by atoms with Crippen molar-refractivity contribution in [1.82, 2.24) is 0 Å². The molecule has 4 nitrogen and oxygen atoms in total. The van der Waals surface area contributed by atoms with Crippen molar-refractivity contribution < 1.29 is 19.1 Å². The number of hydrogen-bond acceptors (Lipinski definition) is 4. The van der Waals surface area contributed by atoms with Crippen LogP contribution in [0.15, 0.2) is 42.0 Å². The van der Waals surface area contributed by atoms with E-state index in [0.29, 0.717) is 23.5 Å². The first-order valence-electron chi connectivity index (χ1n) is 5.58. The van der Waals surface area contributed by atoms with Crippen molar-refractivity contribution in [3.8, 4) is 11.5 Å². The Bertz CT molecular complexity index is 601. The lowest BCUT2D eigenvalue weighted by molar-refractivity contribution is -0.114. The molecule has 1 aromatic rings. The first-order chi connectivity index (χ1) is 8.72. The largest absolute Gasteiger partial charge is 0.454 e. The Morgan fingerprint density at radius 1 is 1.05 bits per heavy atom. The molecule has 0 spiro atoms. The molecule has 1 aliphatic heterocycles. The van der Waals surface area contributed by atoms with Crippen molar-refractivity contribution >= 4 is 24.0 Å². The number of hydrogen-bond donors (Lipinski definition) is 0. The molecule has 0 unspecified atom stereocenters. The SMILES string of the molecule is Cl.O=C1C=CC(=O)C(Cc2ccc3c(c2)OCO3)=C1. The van der Waals surface area contributed by atoms with E-state index in [1.54, 1.807) is 0 Å². The monoisotopic (exact) mass is 278 g/mol. The molecule has 0 amide bonds. The molecule has 0 bridgehead atoms. The van der Waals surface area contributed by atoms with Gasteiger partial charge >= 0.3 is 0 Å². The zero-order valence-corrected chi connectivity index (χ0v) is 10.7. The van der Waals surface area contributed by atoms with Gasteiger partial charge in [0.25, 0.3) is 0 Å². The molecule has 0 N–H and O–H groups in total. The highest BCUT2D eigenvalue weighted by atomic mass is 35.5. The first-order valence-corrected chi connectivity index (χ1v) is 5.58. The number of carbonyl (C=O) groups excluding carboxylic acids is 2. The van der Waals surface area contributed by atoms with Gasteiger partial charge in [-0.2, -0.15) is 0 Å². The zero-order valence-electron chi connectivity index (χ0n) is 9.92. The summed E-state index contributed by atoms with van der Waals surface area (Å²) in [5, 5.41) is 0. The Morgan fingerprint density at radius 3 is 2.68 bits per heavy atom. The number of benzene rings is 1. The van der Waals surface area contributed by atoms with E-state index in [9.17, 15) is 9.59 Å². The third-order valence-corrected chi connectivity index (χ3v) is 2.86. The fourth-order valence-corrected chi connectivity index (χ4v) is 1.96. The molecule has 0 fully saturated rings. The summed E-state index contributed by atoms with van der Waals surface area (Å²) in [7, 11) is 0. The number of rotatable bonds is 2. The minimum absolute atomic E-state index is 0. The summed E-state index contributed by atoms with van der Waals surface area (Å²) >= 11 is 0. The Balaban J connectivity index is 0.00000133. The van der Waals surface area contributed by atoms with Crippen LogP contribution >= 0.6 is 12.4 Å². The Hall–Kier alpha value is -2.07. The van der Waals surface area contributed by atoms with Crippen LogP contribution in [0.1, 0.15) is 5.56 Å². The van der Waals surface area contributed by atoms with Gasteiger partial charge < -0.3 is 9.47 Å². The van der Waals surface area contributed by atoms with Crippen LogP contribution in [0.25, 0.3) is 0 Å². The Morgan fingerprint density at radius 2 is 1.84 bits per heavy atom. The summed E-state index contributed by atoms with van der Waals surface area (Å²) in [6.45, 7) is 0.224. The van der Waals surface area contributed by atoms with Crippen molar-refractivity contribution in [2.45, 2.75) is 6.42 Å². The number of fused-ring (bicyclic) bond motifs is 1. The number of allylic oxidation sites excluding steroid dienone is 4. The summed E-state index contributed by atoms with van der Waals surface area (Å²) in [5.41, 5.74) is 1.42. The topological polar surface area (TPSA) is 52.6 Å². The molecule has 3 rings (SSSR count). The van der Waals surface area contributed by atoms with Crippen molar-refractivity contribution in [2.24, 2.45) is 0 Å². The number of ketones is 2. The van der Waals surface area contributed by atoms with Crippen molar-refractivity contribution in [3.63, 3.8) is 0 Å². The van der Waals surface area contributed by atoms with Crippen LogP contribution in [0.2, 0.25) is 0 Å². The lowest BCUT2D eigenvalue weighted by Crippen LogP contribution is -2.09. The van der Waals surface area contributed by atoms with Gasteiger partial charge in [0.15, 0.2) is 23.1 Å². The highest BCUT2D eigenvalue weighted by Crippen LogP contribution is 2.33. The van der Waals surface area contributed by atoms with Gasteiger partial charge in [0.2, 0.25) is 6.79 Å². The van der Waals surface area contributed by atoms with E-state index in [2.05, 4.69) is 0 Å². The average Bonchev–Trinajstić information content (AvgIpc) is 2.81. The molecule has 19 heavy (non-hydrogen) atoms.